The summed E-state index contributed by atoms with van der Waals surface area (Å²) in [6, 6.07) is 13.5. The van der Waals surface area contributed by atoms with Gasteiger partial charge in [-0.15, -0.1) is 0 Å². The van der Waals surface area contributed by atoms with E-state index in [1.165, 1.54) is 17.5 Å². The maximum Gasteiger partial charge on any atom is 0.229 e. The van der Waals surface area contributed by atoms with Gasteiger partial charge >= 0.3 is 0 Å². The molecule has 1 aliphatic heterocycles. The fourth-order valence-corrected chi connectivity index (χ4v) is 4.01. The first-order valence-electron chi connectivity index (χ1n) is 10.1. The molecule has 4 rings (SSSR count). The number of rotatable bonds is 7. The summed E-state index contributed by atoms with van der Waals surface area (Å²) in [6.45, 7) is 1.35. The lowest BCUT2D eigenvalue weighted by Crippen LogP contribution is -2.28. The zero-order valence-corrected chi connectivity index (χ0v) is 16.6. The number of amides is 2. The van der Waals surface area contributed by atoms with Crippen molar-refractivity contribution in [2.24, 2.45) is 5.92 Å². The quantitative estimate of drug-likeness (QED) is 0.733. The van der Waals surface area contributed by atoms with Gasteiger partial charge in [-0.3, -0.25) is 9.59 Å². The normalized spacial score (nSPS) is 18.0. The number of anilines is 2. The summed E-state index contributed by atoms with van der Waals surface area (Å²) in [7, 11) is 1.62. The van der Waals surface area contributed by atoms with Crippen LogP contribution in [-0.2, 0) is 27.2 Å². The topological polar surface area (TPSA) is 67.9 Å². The van der Waals surface area contributed by atoms with Crippen molar-refractivity contribution in [3.8, 4) is 5.75 Å². The van der Waals surface area contributed by atoms with Crippen molar-refractivity contribution in [1.29, 1.82) is 0 Å². The highest BCUT2D eigenvalue weighted by Gasteiger charge is 2.35. The van der Waals surface area contributed by atoms with E-state index in [4.69, 9.17) is 9.47 Å². The van der Waals surface area contributed by atoms with Gasteiger partial charge in [-0.2, -0.15) is 0 Å². The highest BCUT2D eigenvalue weighted by Crippen LogP contribution is 2.31. The van der Waals surface area contributed by atoms with Gasteiger partial charge in [-0.05, 0) is 54.7 Å². The summed E-state index contributed by atoms with van der Waals surface area (Å²) in [4.78, 5) is 27.0. The molecular weight excluding hydrogens is 368 g/mol. The van der Waals surface area contributed by atoms with Crippen molar-refractivity contribution in [2.45, 2.75) is 25.7 Å². The molecule has 1 atom stereocenters. The van der Waals surface area contributed by atoms with E-state index < -0.39 is 0 Å². The Hall–Kier alpha value is -2.86. The van der Waals surface area contributed by atoms with Crippen LogP contribution in [-0.4, -0.2) is 38.7 Å². The Kier molecular flexibility index (Phi) is 5.81. The Morgan fingerprint density at radius 3 is 2.86 bits per heavy atom. The number of nitrogens with one attached hydrogen (secondary N) is 1. The van der Waals surface area contributed by atoms with Crippen molar-refractivity contribution in [2.75, 3.05) is 37.1 Å². The standard InChI is InChI=1S/C23H26N2O4/c1-28-10-11-29-21-7-3-6-19(14-21)24-23(27)18-13-22(26)25(15-18)20-9-8-16-4-2-5-17(16)12-20/h3,6-9,12,14,18H,2,4-5,10-11,13,15H2,1H3,(H,24,27). The number of nitrogens with zero attached hydrogens (tertiary/aromatic N) is 1. The highest BCUT2D eigenvalue weighted by atomic mass is 16.5. The van der Waals surface area contributed by atoms with Crippen LogP contribution in [0.2, 0.25) is 0 Å². The van der Waals surface area contributed by atoms with Crippen LogP contribution in [0.15, 0.2) is 42.5 Å². The third-order valence-corrected chi connectivity index (χ3v) is 5.55. The Bertz CT molecular complexity index is 912. The minimum Gasteiger partial charge on any atom is -0.491 e. The molecule has 2 aromatic rings. The zero-order chi connectivity index (χ0) is 20.2. The van der Waals surface area contributed by atoms with Crippen LogP contribution in [0.1, 0.15) is 24.0 Å². The number of carbonyl (C=O) groups excluding carboxylic acids is 2. The molecule has 0 radical (unpaired) electrons. The second-order valence-electron chi connectivity index (χ2n) is 7.57. The van der Waals surface area contributed by atoms with Crippen LogP contribution in [0.3, 0.4) is 0 Å². The van der Waals surface area contributed by atoms with E-state index in [2.05, 4.69) is 17.4 Å². The molecule has 29 heavy (non-hydrogen) atoms. The molecule has 0 aromatic heterocycles. The summed E-state index contributed by atoms with van der Waals surface area (Å²) >= 11 is 0. The lowest BCUT2D eigenvalue weighted by molar-refractivity contribution is -0.122. The summed E-state index contributed by atoms with van der Waals surface area (Å²) in [5, 5.41) is 2.92. The van der Waals surface area contributed by atoms with Gasteiger partial charge in [-0.25, -0.2) is 0 Å². The van der Waals surface area contributed by atoms with Gasteiger partial charge < -0.3 is 19.7 Å². The van der Waals surface area contributed by atoms with Gasteiger partial charge in [0.2, 0.25) is 11.8 Å². The number of hydrogen-bond acceptors (Lipinski definition) is 4. The summed E-state index contributed by atoms with van der Waals surface area (Å²) < 4.78 is 10.6. The molecule has 152 valence electrons. The van der Waals surface area contributed by atoms with E-state index >= 15 is 0 Å². The van der Waals surface area contributed by atoms with Gasteiger partial charge in [0, 0.05) is 37.5 Å². The smallest absolute Gasteiger partial charge is 0.229 e. The number of carbonyl (C=O) groups is 2. The second-order valence-corrected chi connectivity index (χ2v) is 7.57. The van der Waals surface area contributed by atoms with Crippen LogP contribution < -0.4 is 15.0 Å². The van der Waals surface area contributed by atoms with Crippen LogP contribution in [0.4, 0.5) is 11.4 Å². The summed E-state index contributed by atoms with van der Waals surface area (Å²) in [6.07, 6.45) is 3.58. The SMILES string of the molecule is COCCOc1cccc(NC(=O)C2CC(=O)N(c3ccc4c(c3)CCC4)C2)c1. The summed E-state index contributed by atoms with van der Waals surface area (Å²) in [5.41, 5.74) is 4.27. The van der Waals surface area contributed by atoms with E-state index in [0.29, 0.717) is 31.2 Å². The van der Waals surface area contributed by atoms with Crippen molar-refractivity contribution in [3.63, 3.8) is 0 Å². The fraction of sp³-hybridized carbons (Fsp3) is 0.391. The van der Waals surface area contributed by atoms with Crippen LogP contribution in [0.25, 0.3) is 0 Å². The van der Waals surface area contributed by atoms with E-state index in [1.54, 1.807) is 18.1 Å². The van der Waals surface area contributed by atoms with Crippen LogP contribution in [0.5, 0.6) is 5.75 Å². The van der Waals surface area contributed by atoms with Crippen molar-refractivity contribution in [1.82, 2.24) is 0 Å². The molecule has 6 nitrogen and oxygen atoms in total. The molecule has 1 heterocycles. The minimum atomic E-state index is -0.367. The number of methoxy groups -OCH3 is 1. The third kappa shape index (κ3) is 4.43. The maximum absolute atomic E-state index is 12.7. The fourth-order valence-electron chi connectivity index (χ4n) is 4.01. The first-order chi connectivity index (χ1) is 14.1. The molecule has 2 amide bonds. The Balaban J connectivity index is 1.39. The van der Waals surface area contributed by atoms with Crippen LogP contribution >= 0.6 is 0 Å². The van der Waals surface area contributed by atoms with Gasteiger partial charge in [0.15, 0.2) is 0 Å². The monoisotopic (exact) mass is 394 g/mol. The Morgan fingerprint density at radius 2 is 2.00 bits per heavy atom. The first-order valence-corrected chi connectivity index (χ1v) is 10.1. The molecule has 1 unspecified atom stereocenters. The zero-order valence-electron chi connectivity index (χ0n) is 16.6. The van der Waals surface area contributed by atoms with Gasteiger partial charge in [0.05, 0.1) is 12.5 Å². The lowest BCUT2D eigenvalue weighted by Gasteiger charge is -2.18. The van der Waals surface area contributed by atoms with Crippen molar-refractivity contribution >= 4 is 23.2 Å². The average Bonchev–Trinajstić information content (AvgIpc) is 3.34. The summed E-state index contributed by atoms with van der Waals surface area (Å²) in [5.74, 6) is 0.159. The molecule has 1 aliphatic carbocycles. The molecule has 1 fully saturated rings. The van der Waals surface area contributed by atoms with Crippen molar-refractivity contribution in [3.05, 3.63) is 53.6 Å². The van der Waals surface area contributed by atoms with E-state index in [0.717, 1.165) is 18.5 Å². The lowest BCUT2D eigenvalue weighted by atomic mass is 10.1. The molecule has 2 aromatic carbocycles. The largest absolute Gasteiger partial charge is 0.491 e. The number of hydrogen-bond donors (Lipinski definition) is 1. The maximum atomic E-state index is 12.7. The van der Waals surface area contributed by atoms with E-state index in [-0.39, 0.29) is 24.2 Å². The minimum absolute atomic E-state index is 0.000235. The van der Waals surface area contributed by atoms with E-state index in [9.17, 15) is 9.59 Å². The van der Waals surface area contributed by atoms with Gasteiger partial charge in [0.1, 0.15) is 12.4 Å². The van der Waals surface area contributed by atoms with E-state index in [1.807, 2.05) is 24.3 Å². The number of aryl methyl sites for hydroxylation is 2. The van der Waals surface area contributed by atoms with Gasteiger partial charge in [-0.1, -0.05) is 12.1 Å². The number of ether oxygens (including phenoxy) is 2. The number of benzene rings is 2. The highest BCUT2D eigenvalue weighted by molar-refractivity contribution is 6.03. The Labute approximate surface area is 170 Å². The third-order valence-electron chi connectivity index (χ3n) is 5.55. The first kappa shape index (κ1) is 19.5. The Morgan fingerprint density at radius 1 is 1.14 bits per heavy atom. The molecule has 1 saturated heterocycles. The van der Waals surface area contributed by atoms with Gasteiger partial charge in [0.25, 0.3) is 0 Å². The molecule has 6 heteroatoms. The molecule has 1 N–H and O–H groups in total. The molecule has 0 saturated carbocycles. The molecular formula is C23H26N2O4. The predicted molar refractivity (Wildman–Crippen MR) is 111 cm³/mol. The number of fused-ring (bicyclic) bond motifs is 1. The van der Waals surface area contributed by atoms with Crippen LogP contribution in [0, 0.1) is 5.92 Å². The molecule has 2 aliphatic rings. The molecule has 0 spiro atoms. The predicted octanol–water partition coefficient (Wildman–Crippen LogP) is 3.19. The molecule has 0 bridgehead atoms. The van der Waals surface area contributed by atoms with Crippen molar-refractivity contribution < 1.29 is 19.1 Å². The second kappa shape index (κ2) is 8.66. The average molecular weight is 394 g/mol.